The van der Waals surface area contributed by atoms with Crippen molar-refractivity contribution < 1.29 is 4.79 Å². The summed E-state index contributed by atoms with van der Waals surface area (Å²) < 4.78 is 0. The Hall–Kier alpha value is -2.47. The normalized spacial score (nSPS) is 11.4. The fraction of sp³-hybridized carbons (Fsp3) is 0.235. The van der Waals surface area contributed by atoms with Gasteiger partial charge >= 0.3 is 0 Å². The number of carbonyl (C=O) groups excluding carboxylic acids is 1. The van der Waals surface area contributed by atoms with E-state index in [9.17, 15) is 4.79 Å². The Labute approximate surface area is 138 Å². The molecule has 0 saturated carbocycles. The molecule has 2 N–H and O–H groups in total. The molecule has 5 nitrogen and oxygen atoms in total. The zero-order chi connectivity index (χ0) is 16.2. The molecule has 3 rings (SSSR count). The van der Waals surface area contributed by atoms with Gasteiger partial charge in [0.1, 0.15) is 0 Å². The number of hydrogen-bond acceptors (Lipinski definition) is 4. The summed E-state index contributed by atoms with van der Waals surface area (Å²) in [5.74, 6) is -0.166. The Morgan fingerprint density at radius 1 is 1.48 bits per heavy atom. The number of fused-ring (bicyclic) bond motifs is 1. The second kappa shape index (κ2) is 6.75. The molecule has 0 aliphatic heterocycles. The monoisotopic (exact) mass is 326 g/mol. The second-order valence-electron chi connectivity index (χ2n) is 5.27. The second-order valence-corrected chi connectivity index (χ2v) is 6.33. The summed E-state index contributed by atoms with van der Waals surface area (Å²) >= 11 is 1.54. The number of aryl methyl sites for hydroxylation is 2. The van der Waals surface area contributed by atoms with E-state index in [4.69, 9.17) is 0 Å². The lowest BCUT2D eigenvalue weighted by atomic mass is 10.1. The van der Waals surface area contributed by atoms with E-state index in [-0.39, 0.29) is 12.3 Å². The first-order valence-corrected chi connectivity index (χ1v) is 8.37. The highest BCUT2D eigenvalue weighted by molar-refractivity contribution is 7.09. The van der Waals surface area contributed by atoms with E-state index >= 15 is 0 Å². The van der Waals surface area contributed by atoms with Crippen LogP contribution in [0, 0.1) is 6.92 Å². The van der Waals surface area contributed by atoms with Crippen LogP contribution in [0.5, 0.6) is 0 Å². The highest BCUT2D eigenvalue weighted by Gasteiger charge is 2.06. The van der Waals surface area contributed by atoms with Crippen molar-refractivity contribution in [2.75, 3.05) is 0 Å². The van der Waals surface area contributed by atoms with Crippen molar-refractivity contribution in [1.29, 1.82) is 0 Å². The number of hydrazone groups is 1. The van der Waals surface area contributed by atoms with Gasteiger partial charge in [-0.05, 0) is 18.9 Å². The molecule has 2 aromatic heterocycles. The molecule has 0 aliphatic rings. The number of hydrogen-bond donors (Lipinski definition) is 2. The average Bonchev–Trinajstić information content (AvgIpc) is 3.13. The number of thiazole rings is 1. The third kappa shape index (κ3) is 3.48. The number of benzene rings is 1. The lowest BCUT2D eigenvalue weighted by molar-refractivity contribution is -0.120. The third-order valence-corrected chi connectivity index (χ3v) is 4.44. The molecule has 0 radical (unpaired) electrons. The summed E-state index contributed by atoms with van der Waals surface area (Å²) in [6, 6.07) is 6.19. The molecule has 0 bridgehead atoms. The zero-order valence-corrected chi connectivity index (χ0v) is 13.9. The van der Waals surface area contributed by atoms with Crippen LogP contribution in [-0.2, 0) is 17.6 Å². The molecule has 118 valence electrons. The van der Waals surface area contributed by atoms with Gasteiger partial charge in [0.15, 0.2) is 0 Å². The van der Waals surface area contributed by atoms with Gasteiger partial charge in [0.25, 0.3) is 0 Å². The molecule has 3 aromatic rings. The minimum atomic E-state index is -0.166. The fourth-order valence-corrected chi connectivity index (χ4v) is 3.12. The Bertz CT molecular complexity index is 862. The van der Waals surface area contributed by atoms with Gasteiger partial charge in [-0.3, -0.25) is 4.79 Å². The molecule has 1 aromatic carbocycles. The van der Waals surface area contributed by atoms with Crippen LogP contribution in [0.4, 0.5) is 0 Å². The minimum Gasteiger partial charge on any atom is -0.360 e. The first-order chi connectivity index (χ1) is 11.2. The van der Waals surface area contributed by atoms with Crippen molar-refractivity contribution in [3.63, 3.8) is 0 Å². The standard InChI is InChI=1S/C17H18N4OS/c1-3-12-5-4-6-15-13(8-18-17(12)15)9-19-21-16(22)7-14-10-23-11(2)20-14/h4-6,8-10,18H,3,7H2,1-2H3,(H,21,22). The molecule has 0 aliphatic carbocycles. The van der Waals surface area contributed by atoms with Gasteiger partial charge in [-0.15, -0.1) is 11.3 Å². The number of para-hydroxylation sites is 1. The quantitative estimate of drug-likeness (QED) is 0.558. The van der Waals surface area contributed by atoms with Crippen LogP contribution < -0.4 is 5.43 Å². The van der Waals surface area contributed by atoms with Gasteiger partial charge in [-0.1, -0.05) is 25.1 Å². The zero-order valence-electron chi connectivity index (χ0n) is 13.1. The summed E-state index contributed by atoms with van der Waals surface area (Å²) in [6.45, 7) is 4.05. The average molecular weight is 326 g/mol. The molecule has 2 heterocycles. The first kappa shape index (κ1) is 15.4. The third-order valence-electron chi connectivity index (χ3n) is 3.62. The Morgan fingerprint density at radius 2 is 2.35 bits per heavy atom. The number of nitrogens with one attached hydrogen (secondary N) is 2. The van der Waals surface area contributed by atoms with Gasteiger partial charge in [0, 0.05) is 28.0 Å². The minimum absolute atomic E-state index is 0.166. The van der Waals surface area contributed by atoms with Crippen LogP contribution >= 0.6 is 11.3 Å². The summed E-state index contributed by atoms with van der Waals surface area (Å²) in [4.78, 5) is 19.4. The molecule has 0 fully saturated rings. The van der Waals surface area contributed by atoms with Crippen molar-refractivity contribution in [2.24, 2.45) is 5.10 Å². The molecule has 0 spiro atoms. The molecule has 0 unspecified atom stereocenters. The van der Waals surface area contributed by atoms with Crippen LogP contribution in [0.25, 0.3) is 10.9 Å². The number of rotatable bonds is 5. The van der Waals surface area contributed by atoms with Crippen LogP contribution in [0.2, 0.25) is 0 Å². The summed E-state index contributed by atoms with van der Waals surface area (Å²) in [5, 5.41) is 8.02. The van der Waals surface area contributed by atoms with Crippen LogP contribution in [0.1, 0.15) is 28.8 Å². The van der Waals surface area contributed by atoms with E-state index in [0.29, 0.717) is 0 Å². The Balaban J connectivity index is 1.67. The summed E-state index contributed by atoms with van der Waals surface area (Å²) in [5.41, 5.74) is 6.68. The smallest absolute Gasteiger partial charge is 0.246 e. The summed E-state index contributed by atoms with van der Waals surface area (Å²) in [7, 11) is 0. The topological polar surface area (TPSA) is 70.1 Å². The van der Waals surface area contributed by atoms with Gasteiger partial charge in [0.2, 0.25) is 5.91 Å². The predicted molar refractivity (Wildman–Crippen MR) is 94.0 cm³/mol. The van der Waals surface area contributed by atoms with Gasteiger partial charge in [0.05, 0.1) is 23.3 Å². The van der Waals surface area contributed by atoms with E-state index in [0.717, 1.165) is 33.6 Å². The van der Waals surface area contributed by atoms with Crippen LogP contribution in [-0.4, -0.2) is 22.1 Å². The molecule has 23 heavy (non-hydrogen) atoms. The van der Waals surface area contributed by atoms with E-state index < -0.39 is 0 Å². The van der Waals surface area contributed by atoms with Gasteiger partial charge < -0.3 is 4.98 Å². The lowest BCUT2D eigenvalue weighted by Gasteiger charge is -1.99. The van der Waals surface area contributed by atoms with E-state index in [1.165, 1.54) is 16.9 Å². The number of aromatic nitrogens is 2. The van der Waals surface area contributed by atoms with Crippen molar-refractivity contribution in [3.05, 3.63) is 51.6 Å². The highest BCUT2D eigenvalue weighted by Crippen LogP contribution is 2.20. The molecular formula is C17H18N4OS. The van der Waals surface area contributed by atoms with Crippen molar-refractivity contribution >= 4 is 34.4 Å². The van der Waals surface area contributed by atoms with E-state index in [1.807, 2.05) is 30.6 Å². The van der Waals surface area contributed by atoms with Crippen molar-refractivity contribution in [2.45, 2.75) is 26.7 Å². The number of nitrogens with zero attached hydrogens (tertiary/aromatic N) is 2. The molecule has 0 atom stereocenters. The highest BCUT2D eigenvalue weighted by atomic mass is 32.1. The fourth-order valence-electron chi connectivity index (χ4n) is 2.51. The van der Waals surface area contributed by atoms with Crippen molar-refractivity contribution in [1.82, 2.24) is 15.4 Å². The van der Waals surface area contributed by atoms with Gasteiger partial charge in [-0.2, -0.15) is 5.10 Å². The predicted octanol–water partition coefficient (Wildman–Crippen LogP) is 3.19. The maximum absolute atomic E-state index is 11.8. The number of carbonyl (C=O) groups is 1. The maximum Gasteiger partial charge on any atom is 0.246 e. The van der Waals surface area contributed by atoms with Gasteiger partial charge in [-0.25, -0.2) is 10.4 Å². The lowest BCUT2D eigenvalue weighted by Crippen LogP contribution is -2.19. The van der Waals surface area contributed by atoms with Crippen LogP contribution in [0.3, 0.4) is 0 Å². The van der Waals surface area contributed by atoms with E-state index in [2.05, 4.69) is 33.5 Å². The Morgan fingerprint density at radius 3 is 3.09 bits per heavy atom. The number of H-pyrrole nitrogens is 1. The molecule has 0 saturated heterocycles. The van der Waals surface area contributed by atoms with E-state index in [1.54, 1.807) is 6.21 Å². The maximum atomic E-state index is 11.8. The number of aromatic amines is 1. The SMILES string of the molecule is CCc1cccc2c(C=NNC(=O)Cc3csc(C)n3)c[nH]c12. The van der Waals surface area contributed by atoms with Crippen molar-refractivity contribution in [3.8, 4) is 0 Å². The first-order valence-electron chi connectivity index (χ1n) is 7.49. The molecular weight excluding hydrogens is 308 g/mol. The van der Waals surface area contributed by atoms with Crippen LogP contribution in [0.15, 0.2) is 34.9 Å². The largest absolute Gasteiger partial charge is 0.360 e. The Kier molecular flexibility index (Phi) is 4.52. The summed E-state index contributed by atoms with van der Waals surface area (Å²) in [6.07, 6.45) is 4.79. The molecule has 1 amide bonds. The molecule has 6 heteroatoms. The number of amides is 1.